The topological polar surface area (TPSA) is 95.5 Å². The molecule has 0 aliphatic rings. The van der Waals surface area contributed by atoms with Gasteiger partial charge in [0.2, 0.25) is 0 Å². The first-order chi connectivity index (χ1) is 19.9. The van der Waals surface area contributed by atoms with Gasteiger partial charge >= 0.3 is 35.5 Å². The van der Waals surface area contributed by atoms with Gasteiger partial charge in [0.15, 0.2) is 0 Å². The predicted octanol–water partition coefficient (Wildman–Crippen LogP) is 3.09. The summed E-state index contributed by atoms with van der Waals surface area (Å²) in [7, 11) is 0. The van der Waals surface area contributed by atoms with Gasteiger partial charge in [-0.3, -0.25) is 9.59 Å². The molecule has 0 heterocycles. The largest absolute Gasteiger partial charge is 1.00 e. The van der Waals surface area contributed by atoms with Gasteiger partial charge in [0.05, 0.1) is 12.5 Å². The number of benzene rings is 4. The van der Waals surface area contributed by atoms with Gasteiger partial charge in [-0.1, -0.05) is 93.0 Å². The van der Waals surface area contributed by atoms with Gasteiger partial charge in [0.1, 0.15) is 11.9 Å². The summed E-state index contributed by atoms with van der Waals surface area (Å²) in [5.74, 6) is -3.07. The molecule has 0 radical (unpaired) electrons. The van der Waals surface area contributed by atoms with Gasteiger partial charge < -0.3 is 20.0 Å². The van der Waals surface area contributed by atoms with Gasteiger partial charge in [0.25, 0.3) is 5.91 Å². The second-order valence-electron chi connectivity index (χ2n) is 11.2. The number of carbonyl (C=O) groups excluding carboxylic acids is 3. The average molecular weight is 612 g/mol. The fourth-order valence-corrected chi connectivity index (χ4v) is 5.02. The maximum Gasteiger partial charge on any atom is 1.00 e. The molecule has 2 unspecified atom stereocenters. The summed E-state index contributed by atoms with van der Waals surface area (Å²) in [6, 6.07) is 23.1. The van der Waals surface area contributed by atoms with Gasteiger partial charge in [-0.25, -0.2) is 4.39 Å². The number of nitrogens with one attached hydrogen (secondary N) is 1. The summed E-state index contributed by atoms with van der Waals surface area (Å²) in [4.78, 5) is 37.5. The quantitative estimate of drug-likeness (QED) is 0.220. The van der Waals surface area contributed by atoms with E-state index in [1.807, 2.05) is 30.3 Å². The SMILES string of the molecule is CC(C)(C)c1ccc(CC(NC(=O)c2cccc3c(Cl)cccc23)C(OC(=O)CCC(=O)[O-])c2ccc(F)cc2)cc1.[Na+]. The van der Waals surface area contributed by atoms with Crippen molar-refractivity contribution in [2.75, 3.05) is 0 Å². The van der Waals surface area contributed by atoms with Crippen LogP contribution in [-0.2, 0) is 26.2 Å². The molecule has 0 saturated carbocycles. The van der Waals surface area contributed by atoms with E-state index in [-0.39, 0.29) is 41.4 Å². The van der Waals surface area contributed by atoms with Crippen molar-refractivity contribution in [2.24, 2.45) is 0 Å². The van der Waals surface area contributed by atoms with Crippen molar-refractivity contribution in [3.63, 3.8) is 0 Å². The maximum atomic E-state index is 13.9. The maximum absolute atomic E-state index is 13.9. The van der Waals surface area contributed by atoms with Crippen LogP contribution in [0.5, 0.6) is 0 Å². The summed E-state index contributed by atoms with van der Waals surface area (Å²) >= 11 is 6.38. The molecule has 0 aliphatic carbocycles. The van der Waals surface area contributed by atoms with Crippen LogP contribution in [0.3, 0.4) is 0 Å². The van der Waals surface area contributed by atoms with Crippen molar-refractivity contribution < 1.29 is 58.2 Å². The van der Waals surface area contributed by atoms with Crippen LogP contribution >= 0.6 is 11.6 Å². The molecule has 0 spiro atoms. The first-order valence-corrected chi connectivity index (χ1v) is 14.0. The van der Waals surface area contributed by atoms with Crippen LogP contribution in [0.1, 0.15) is 66.8 Å². The zero-order chi connectivity index (χ0) is 30.4. The van der Waals surface area contributed by atoms with Crippen molar-refractivity contribution >= 4 is 40.2 Å². The number of halogens is 2. The Morgan fingerprint density at radius 2 is 1.51 bits per heavy atom. The zero-order valence-electron chi connectivity index (χ0n) is 24.7. The number of ether oxygens (including phenoxy) is 1. The molecule has 0 bridgehead atoms. The first kappa shape index (κ1) is 34.3. The van der Waals surface area contributed by atoms with Crippen LogP contribution in [0, 0.1) is 5.82 Å². The van der Waals surface area contributed by atoms with Gasteiger partial charge in [-0.15, -0.1) is 0 Å². The molecule has 0 saturated heterocycles. The molecule has 4 aromatic carbocycles. The Morgan fingerprint density at radius 3 is 2.14 bits per heavy atom. The number of carboxylic acid groups (broad SMARTS) is 1. The first-order valence-electron chi connectivity index (χ1n) is 13.6. The minimum atomic E-state index is -1.39. The van der Waals surface area contributed by atoms with Crippen LogP contribution in [-0.4, -0.2) is 23.9 Å². The number of hydrogen-bond donors (Lipinski definition) is 1. The van der Waals surface area contributed by atoms with Crippen LogP contribution in [0.15, 0.2) is 84.9 Å². The summed E-state index contributed by atoms with van der Waals surface area (Å²) in [5, 5.41) is 15.9. The molecule has 6 nitrogen and oxygen atoms in total. The molecule has 218 valence electrons. The van der Waals surface area contributed by atoms with Gasteiger partial charge in [-0.05, 0) is 64.6 Å². The third-order valence-electron chi connectivity index (χ3n) is 7.06. The Hall–Kier alpha value is -3.23. The summed E-state index contributed by atoms with van der Waals surface area (Å²) in [5.41, 5.74) is 2.75. The number of hydrogen-bond acceptors (Lipinski definition) is 5. The molecule has 0 aliphatic heterocycles. The Kier molecular flexibility index (Phi) is 11.9. The van der Waals surface area contributed by atoms with Gasteiger partial charge in [0, 0.05) is 21.9 Å². The van der Waals surface area contributed by atoms with E-state index in [1.165, 1.54) is 24.3 Å². The normalized spacial score (nSPS) is 12.6. The van der Waals surface area contributed by atoms with Crippen LogP contribution in [0.4, 0.5) is 4.39 Å². The van der Waals surface area contributed by atoms with Crippen LogP contribution in [0.25, 0.3) is 10.8 Å². The summed E-state index contributed by atoms with van der Waals surface area (Å²) in [6.45, 7) is 6.33. The standard InChI is InChI=1S/C34H33ClFNO5.Na/c1-34(2,3)23-14-10-21(11-15-23)20-29(37-33(41)27-8-4-7-26-25(27)6-5-9-28(26)35)32(22-12-16-24(36)17-13-22)42-31(40)19-18-30(38)39;/h4-17,29,32H,18-20H2,1-3H3,(H,37,41)(H,38,39);/q;+1/p-1. The average Bonchev–Trinajstić information content (AvgIpc) is 2.95. The van der Waals surface area contributed by atoms with Crippen molar-refractivity contribution in [3.8, 4) is 0 Å². The van der Waals surface area contributed by atoms with Crippen molar-refractivity contribution in [1.82, 2.24) is 5.32 Å². The Morgan fingerprint density at radius 1 is 0.884 bits per heavy atom. The van der Waals surface area contributed by atoms with Crippen molar-refractivity contribution in [1.29, 1.82) is 0 Å². The Labute approximate surface area is 277 Å². The summed E-state index contributed by atoms with van der Waals surface area (Å²) in [6.07, 6.45) is -1.72. The van der Waals surface area contributed by atoms with E-state index >= 15 is 0 Å². The third-order valence-corrected chi connectivity index (χ3v) is 7.39. The second-order valence-corrected chi connectivity index (χ2v) is 11.6. The monoisotopic (exact) mass is 611 g/mol. The van der Waals surface area contributed by atoms with Gasteiger partial charge in [-0.2, -0.15) is 0 Å². The number of amides is 1. The number of fused-ring (bicyclic) bond motifs is 1. The molecule has 43 heavy (non-hydrogen) atoms. The van der Waals surface area contributed by atoms with E-state index in [9.17, 15) is 23.9 Å². The number of rotatable bonds is 10. The molecule has 0 aromatic heterocycles. The Bertz CT molecular complexity index is 1590. The van der Waals surface area contributed by atoms with E-state index in [0.29, 0.717) is 26.9 Å². The second kappa shape index (κ2) is 15.0. The molecule has 1 amide bonds. The van der Waals surface area contributed by atoms with E-state index in [0.717, 1.165) is 11.1 Å². The van der Waals surface area contributed by atoms with E-state index in [2.05, 4.69) is 26.1 Å². The zero-order valence-corrected chi connectivity index (χ0v) is 27.4. The minimum absolute atomic E-state index is 0. The van der Waals surface area contributed by atoms with Crippen molar-refractivity contribution in [2.45, 2.75) is 57.6 Å². The van der Waals surface area contributed by atoms with Crippen molar-refractivity contribution in [3.05, 3.63) is 118 Å². The fourth-order valence-electron chi connectivity index (χ4n) is 4.78. The summed E-state index contributed by atoms with van der Waals surface area (Å²) < 4.78 is 19.7. The number of carbonyl (C=O) groups is 3. The van der Waals surface area contributed by atoms with Crippen LogP contribution in [0.2, 0.25) is 5.02 Å². The fraction of sp³-hybridized carbons (Fsp3) is 0.265. The van der Waals surface area contributed by atoms with E-state index < -0.39 is 48.7 Å². The minimum Gasteiger partial charge on any atom is -0.550 e. The van der Waals surface area contributed by atoms with E-state index in [1.54, 1.807) is 30.3 Å². The molecule has 2 atom stereocenters. The molecule has 0 fully saturated rings. The number of esters is 1. The molecule has 4 rings (SSSR count). The third kappa shape index (κ3) is 9.13. The smallest absolute Gasteiger partial charge is 0.550 e. The van der Waals surface area contributed by atoms with Crippen LogP contribution < -0.4 is 40.0 Å². The molecule has 4 aromatic rings. The predicted molar refractivity (Wildman–Crippen MR) is 159 cm³/mol. The molecule has 9 heteroatoms. The molecular weight excluding hydrogens is 580 g/mol. The molecule has 1 N–H and O–H groups in total. The number of aliphatic carboxylic acids is 1. The Balaban J connectivity index is 0.00000506. The molecular formula is C34H32ClFNNaO5. The number of carboxylic acids is 1. The van der Waals surface area contributed by atoms with E-state index in [4.69, 9.17) is 16.3 Å².